The van der Waals surface area contributed by atoms with Gasteiger partial charge in [-0.25, -0.2) is 4.98 Å². The minimum atomic E-state index is 0.490. The summed E-state index contributed by atoms with van der Waals surface area (Å²) in [4.78, 5) is 8.60. The molecule has 1 saturated carbocycles. The molecule has 2 N–H and O–H groups in total. The molecule has 0 saturated heterocycles. The van der Waals surface area contributed by atoms with Gasteiger partial charge in [-0.2, -0.15) is 0 Å². The molecule has 0 bridgehead atoms. The van der Waals surface area contributed by atoms with Gasteiger partial charge in [0.25, 0.3) is 0 Å². The molecule has 0 aliphatic heterocycles. The Labute approximate surface area is 172 Å². The van der Waals surface area contributed by atoms with Crippen molar-refractivity contribution >= 4 is 5.96 Å². The van der Waals surface area contributed by atoms with Gasteiger partial charge in [-0.3, -0.25) is 4.99 Å². The van der Waals surface area contributed by atoms with Crippen LogP contribution < -0.4 is 20.1 Å². The summed E-state index contributed by atoms with van der Waals surface area (Å²) < 4.78 is 16.4. The number of para-hydroxylation sites is 1. The first-order valence-corrected chi connectivity index (χ1v) is 10.0. The highest BCUT2D eigenvalue weighted by Crippen LogP contribution is 2.30. The largest absolute Gasteiger partial charge is 0.493 e. The third-order valence-electron chi connectivity index (χ3n) is 4.61. The molecule has 0 amide bonds. The van der Waals surface area contributed by atoms with Gasteiger partial charge in [-0.15, -0.1) is 0 Å². The summed E-state index contributed by atoms with van der Waals surface area (Å²) in [6.07, 6.45) is 4.36. The lowest BCUT2D eigenvalue weighted by atomic mass is 10.2. The Balaban J connectivity index is 1.45. The van der Waals surface area contributed by atoms with Gasteiger partial charge in [0.2, 0.25) is 5.88 Å². The molecule has 1 heterocycles. The van der Waals surface area contributed by atoms with Crippen molar-refractivity contribution in [3.8, 4) is 11.6 Å². The van der Waals surface area contributed by atoms with Gasteiger partial charge in [0.05, 0.1) is 13.2 Å². The number of nitrogens with zero attached hydrogens (tertiary/aromatic N) is 2. The maximum atomic E-state index is 5.97. The Bertz CT molecular complexity index is 776. The number of methoxy groups -OCH3 is 1. The van der Waals surface area contributed by atoms with E-state index in [9.17, 15) is 0 Å². The van der Waals surface area contributed by atoms with E-state index in [-0.39, 0.29) is 0 Å². The smallest absolute Gasteiger partial charge is 0.213 e. The van der Waals surface area contributed by atoms with Crippen LogP contribution in [0.25, 0.3) is 0 Å². The van der Waals surface area contributed by atoms with Crippen molar-refractivity contribution in [3.63, 3.8) is 0 Å². The first-order valence-electron chi connectivity index (χ1n) is 10.0. The molecule has 7 heteroatoms. The maximum Gasteiger partial charge on any atom is 0.213 e. The first-order chi connectivity index (χ1) is 14.3. The van der Waals surface area contributed by atoms with Crippen molar-refractivity contribution in [1.29, 1.82) is 0 Å². The summed E-state index contributed by atoms with van der Waals surface area (Å²) in [5, 5.41) is 6.65. The second kappa shape index (κ2) is 11.3. The van der Waals surface area contributed by atoms with Crippen molar-refractivity contribution in [1.82, 2.24) is 15.6 Å². The normalized spacial score (nSPS) is 13.8. The predicted molar refractivity (Wildman–Crippen MR) is 113 cm³/mol. The molecule has 29 heavy (non-hydrogen) atoms. The molecular weight excluding hydrogens is 368 g/mol. The van der Waals surface area contributed by atoms with Crippen molar-refractivity contribution in [2.75, 3.05) is 34.0 Å². The number of hydrogen-bond acceptors (Lipinski definition) is 5. The van der Waals surface area contributed by atoms with Crippen LogP contribution in [-0.2, 0) is 17.8 Å². The Morgan fingerprint density at radius 2 is 1.90 bits per heavy atom. The third-order valence-corrected chi connectivity index (χ3v) is 4.61. The molecule has 156 valence electrons. The van der Waals surface area contributed by atoms with Crippen LogP contribution in [-0.4, -0.2) is 44.9 Å². The minimum Gasteiger partial charge on any atom is -0.493 e. The van der Waals surface area contributed by atoms with E-state index in [4.69, 9.17) is 14.2 Å². The summed E-state index contributed by atoms with van der Waals surface area (Å²) in [6, 6.07) is 12.0. The van der Waals surface area contributed by atoms with Crippen LogP contribution in [0, 0.1) is 5.92 Å². The predicted octanol–water partition coefficient (Wildman–Crippen LogP) is 2.76. The second-order valence-corrected chi connectivity index (χ2v) is 6.99. The van der Waals surface area contributed by atoms with Crippen LogP contribution in [0.5, 0.6) is 11.6 Å². The highest BCUT2D eigenvalue weighted by Gasteiger charge is 2.22. The van der Waals surface area contributed by atoms with Crippen molar-refractivity contribution < 1.29 is 14.2 Å². The molecule has 3 rings (SSSR count). The van der Waals surface area contributed by atoms with E-state index in [2.05, 4.69) is 26.7 Å². The van der Waals surface area contributed by atoms with Gasteiger partial charge in [-0.05, 0) is 30.4 Å². The fourth-order valence-electron chi connectivity index (χ4n) is 2.70. The van der Waals surface area contributed by atoms with E-state index in [1.165, 1.54) is 12.8 Å². The fourth-order valence-corrected chi connectivity index (χ4v) is 2.70. The number of nitrogens with one attached hydrogen (secondary N) is 2. The van der Waals surface area contributed by atoms with Crippen LogP contribution in [0.1, 0.15) is 24.0 Å². The number of aliphatic imine (C=N–C) groups is 1. The average Bonchev–Trinajstić information content (AvgIpc) is 3.59. The molecule has 1 aromatic carbocycles. The maximum absolute atomic E-state index is 5.97. The molecule has 7 nitrogen and oxygen atoms in total. The minimum absolute atomic E-state index is 0.490. The summed E-state index contributed by atoms with van der Waals surface area (Å²) in [7, 11) is 3.40. The van der Waals surface area contributed by atoms with Crippen molar-refractivity contribution in [2.24, 2.45) is 10.9 Å². The Morgan fingerprint density at radius 1 is 1.07 bits per heavy atom. The highest BCUT2D eigenvalue weighted by atomic mass is 16.5. The van der Waals surface area contributed by atoms with Gasteiger partial charge < -0.3 is 24.8 Å². The van der Waals surface area contributed by atoms with Crippen molar-refractivity contribution in [2.45, 2.75) is 25.9 Å². The summed E-state index contributed by atoms with van der Waals surface area (Å²) in [5.41, 5.74) is 2.16. The lowest BCUT2D eigenvalue weighted by molar-refractivity contribution is 0.143. The molecule has 1 aromatic heterocycles. The number of rotatable bonds is 11. The molecule has 1 fully saturated rings. The summed E-state index contributed by atoms with van der Waals surface area (Å²) in [5.74, 6) is 2.99. The van der Waals surface area contributed by atoms with E-state index in [0.717, 1.165) is 35.4 Å². The molecule has 0 atom stereocenters. The van der Waals surface area contributed by atoms with Crippen LogP contribution in [0.15, 0.2) is 47.6 Å². The Hall–Kier alpha value is -2.80. The molecule has 0 spiro atoms. The zero-order valence-corrected chi connectivity index (χ0v) is 17.2. The van der Waals surface area contributed by atoms with Gasteiger partial charge in [-0.1, -0.05) is 24.3 Å². The fraction of sp³-hybridized carbons (Fsp3) is 0.455. The van der Waals surface area contributed by atoms with E-state index >= 15 is 0 Å². The quantitative estimate of drug-likeness (QED) is 0.344. The van der Waals surface area contributed by atoms with Crippen LogP contribution in [0.3, 0.4) is 0 Å². The van der Waals surface area contributed by atoms with E-state index in [1.54, 1.807) is 20.4 Å². The van der Waals surface area contributed by atoms with Crippen LogP contribution in [0.4, 0.5) is 0 Å². The molecule has 0 unspecified atom stereocenters. The van der Waals surface area contributed by atoms with Crippen LogP contribution in [0.2, 0.25) is 0 Å². The highest BCUT2D eigenvalue weighted by molar-refractivity contribution is 5.79. The SMILES string of the molecule is CN=C(NCc1ccc(OCCOC)nc1)NCc1ccccc1OCC1CC1. The second-order valence-electron chi connectivity index (χ2n) is 6.99. The number of pyridine rings is 1. The molecular formula is C22H30N4O3. The van der Waals surface area contributed by atoms with Gasteiger partial charge in [0.1, 0.15) is 12.4 Å². The average molecular weight is 399 g/mol. The van der Waals surface area contributed by atoms with E-state index in [0.29, 0.717) is 32.2 Å². The van der Waals surface area contributed by atoms with E-state index < -0.39 is 0 Å². The number of ether oxygens (including phenoxy) is 3. The zero-order chi connectivity index (χ0) is 20.3. The van der Waals surface area contributed by atoms with Crippen LogP contribution >= 0.6 is 0 Å². The standard InChI is InChI=1S/C22H30N4O3/c1-23-22(25-14-18-9-10-21(24-13-18)28-12-11-27-2)26-15-19-5-3-4-6-20(19)29-16-17-7-8-17/h3-6,9-10,13,17H,7-8,11-12,14-16H2,1-2H3,(H2,23,25,26). The zero-order valence-electron chi connectivity index (χ0n) is 17.2. The van der Waals surface area contributed by atoms with E-state index in [1.807, 2.05) is 30.3 Å². The lowest BCUT2D eigenvalue weighted by Crippen LogP contribution is -2.36. The number of benzene rings is 1. The van der Waals surface area contributed by atoms with Gasteiger partial charge in [0.15, 0.2) is 5.96 Å². The summed E-state index contributed by atoms with van der Waals surface area (Å²) >= 11 is 0. The topological polar surface area (TPSA) is 77.0 Å². The molecule has 2 aromatic rings. The monoisotopic (exact) mass is 398 g/mol. The number of hydrogen-bond donors (Lipinski definition) is 2. The van der Waals surface area contributed by atoms with Gasteiger partial charge >= 0.3 is 0 Å². The Morgan fingerprint density at radius 3 is 2.62 bits per heavy atom. The number of aromatic nitrogens is 1. The Kier molecular flexibility index (Phi) is 8.12. The first kappa shape index (κ1) is 20.9. The third kappa shape index (κ3) is 7.27. The van der Waals surface area contributed by atoms with Gasteiger partial charge in [0, 0.05) is 45.1 Å². The lowest BCUT2D eigenvalue weighted by Gasteiger charge is -2.15. The van der Waals surface area contributed by atoms with Crippen molar-refractivity contribution in [3.05, 3.63) is 53.7 Å². The number of guanidine groups is 1. The summed E-state index contributed by atoms with van der Waals surface area (Å²) in [6.45, 7) is 3.10. The molecule has 0 radical (unpaired) electrons. The molecule has 1 aliphatic carbocycles. The molecule has 1 aliphatic rings.